The van der Waals surface area contributed by atoms with Crippen LogP contribution in [0, 0.1) is 5.82 Å². The maximum Gasteiger partial charge on any atom is 0.307 e. The van der Waals surface area contributed by atoms with Crippen LogP contribution in [0.2, 0.25) is 5.02 Å². The summed E-state index contributed by atoms with van der Waals surface area (Å²) in [6, 6.07) is 13.7. The molecule has 0 spiro atoms. The quantitative estimate of drug-likeness (QED) is 0.441. The summed E-state index contributed by atoms with van der Waals surface area (Å²) in [6.45, 7) is 0.377. The molecule has 0 amide bonds. The number of halogens is 2. The van der Waals surface area contributed by atoms with Crippen LogP contribution in [0.5, 0.6) is 0 Å². The molecular formula is C22H20ClFN4O2S. The van der Waals surface area contributed by atoms with Crippen molar-refractivity contribution in [2.45, 2.75) is 18.5 Å². The molecule has 9 heteroatoms. The van der Waals surface area contributed by atoms with Crippen LogP contribution >= 0.6 is 23.8 Å². The van der Waals surface area contributed by atoms with Gasteiger partial charge in [-0.15, -0.1) is 0 Å². The smallest absolute Gasteiger partial charge is 0.307 e. The number of methoxy groups -OCH3 is 1. The second-order valence-electron chi connectivity index (χ2n) is 7.05. The van der Waals surface area contributed by atoms with E-state index in [1.54, 1.807) is 18.3 Å². The summed E-state index contributed by atoms with van der Waals surface area (Å²) in [6.07, 6.45) is 3.80. The topological polar surface area (TPSA) is 59.4 Å². The fourth-order valence-corrected chi connectivity index (χ4v) is 4.29. The van der Waals surface area contributed by atoms with Crippen molar-refractivity contribution in [1.29, 1.82) is 0 Å². The molecule has 0 bridgehead atoms. The highest BCUT2D eigenvalue weighted by Crippen LogP contribution is 2.39. The Balaban J connectivity index is 1.77. The van der Waals surface area contributed by atoms with E-state index < -0.39 is 5.82 Å². The normalized spacial score (nSPS) is 18.2. The number of carbonyl (C=O) groups excluding carboxylic acids is 1. The van der Waals surface area contributed by atoms with Crippen LogP contribution in [0.4, 0.5) is 4.39 Å². The Morgan fingerprint density at radius 2 is 2.13 bits per heavy atom. The van der Waals surface area contributed by atoms with Crippen LogP contribution in [-0.4, -0.2) is 39.2 Å². The first kappa shape index (κ1) is 21.3. The van der Waals surface area contributed by atoms with Crippen LogP contribution in [0.3, 0.4) is 0 Å². The Kier molecular flexibility index (Phi) is 6.20. The lowest BCUT2D eigenvalue weighted by Gasteiger charge is -2.28. The Labute approximate surface area is 189 Å². The highest BCUT2D eigenvalue weighted by atomic mass is 35.5. The number of pyridine rings is 1. The summed E-state index contributed by atoms with van der Waals surface area (Å²) in [5.41, 5.74) is 2.44. The maximum absolute atomic E-state index is 13.7. The summed E-state index contributed by atoms with van der Waals surface area (Å²) < 4.78 is 20.5. The van der Waals surface area contributed by atoms with Crippen molar-refractivity contribution in [1.82, 2.24) is 19.8 Å². The number of rotatable bonds is 6. The molecule has 2 atom stereocenters. The second-order valence-corrected chi connectivity index (χ2v) is 7.84. The minimum atomic E-state index is -0.478. The second kappa shape index (κ2) is 9.03. The predicted octanol–water partition coefficient (Wildman–Crippen LogP) is 4.20. The van der Waals surface area contributed by atoms with Gasteiger partial charge in [0.2, 0.25) is 0 Å². The molecule has 3 aromatic rings. The number of hydrogen-bond donors (Lipinski definition) is 1. The average molecular weight is 459 g/mol. The third-order valence-corrected chi connectivity index (χ3v) is 5.89. The standard InChI is InChI=1S/C22H20ClFN4O2S/c1-30-19(29)9-12-28-21(20(26-22(28)31)17-5-2-3-10-25-17)18-6-4-11-27(18)14-7-8-16(24)15(23)13-14/h2-8,10-11,13,20-21H,9,12H2,1H3,(H,26,31)/t20-,21-/m0/s1. The van der Waals surface area contributed by atoms with Crippen LogP contribution in [-0.2, 0) is 9.53 Å². The number of nitrogens with zero attached hydrogens (tertiary/aromatic N) is 3. The van der Waals surface area contributed by atoms with Crippen molar-refractivity contribution in [2.24, 2.45) is 0 Å². The molecule has 31 heavy (non-hydrogen) atoms. The van der Waals surface area contributed by atoms with Gasteiger partial charge in [0.15, 0.2) is 5.11 Å². The zero-order valence-corrected chi connectivity index (χ0v) is 18.2. The molecule has 1 fully saturated rings. The van der Waals surface area contributed by atoms with E-state index in [4.69, 9.17) is 28.6 Å². The molecule has 2 aromatic heterocycles. The van der Waals surface area contributed by atoms with Crippen LogP contribution < -0.4 is 5.32 Å². The van der Waals surface area contributed by atoms with Gasteiger partial charge >= 0.3 is 5.97 Å². The van der Waals surface area contributed by atoms with Gasteiger partial charge < -0.3 is 19.5 Å². The molecule has 1 saturated heterocycles. The predicted molar refractivity (Wildman–Crippen MR) is 120 cm³/mol. The molecule has 1 aliphatic heterocycles. The van der Waals surface area contributed by atoms with Crippen molar-refractivity contribution >= 4 is 34.9 Å². The number of hydrogen-bond acceptors (Lipinski definition) is 4. The van der Waals surface area contributed by atoms with E-state index in [1.807, 2.05) is 46.0 Å². The van der Waals surface area contributed by atoms with Gasteiger partial charge in [-0.1, -0.05) is 17.7 Å². The summed E-state index contributed by atoms with van der Waals surface area (Å²) in [5, 5.41) is 3.91. The van der Waals surface area contributed by atoms with Crippen molar-refractivity contribution in [2.75, 3.05) is 13.7 Å². The summed E-state index contributed by atoms with van der Waals surface area (Å²) in [4.78, 5) is 18.3. The monoisotopic (exact) mass is 458 g/mol. The summed E-state index contributed by atoms with van der Waals surface area (Å²) in [5.74, 6) is -0.794. The molecule has 0 unspecified atom stereocenters. The largest absolute Gasteiger partial charge is 0.469 e. The number of nitrogens with one attached hydrogen (secondary N) is 1. The number of ether oxygens (including phenoxy) is 1. The Bertz CT molecular complexity index is 1110. The van der Waals surface area contributed by atoms with Crippen molar-refractivity contribution < 1.29 is 13.9 Å². The lowest BCUT2D eigenvalue weighted by molar-refractivity contribution is -0.140. The minimum Gasteiger partial charge on any atom is -0.469 e. The SMILES string of the molecule is COC(=O)CCN1C(=S)N[C@@H](c2ccccn2)[C@@H]1c1cccn1-c1ccc(F)c(Cl)c1. The van der Waals surface area contributed by atoms with Crippen molar-refractivity contribution in [3.05, 3.63) is 83.2 Å². The van der Waals surface area contributed by atoms with E-state index in [-0.39, 0.29) is 29.5 Å². The zero-order valence-electron chi connectivity index (χ0n) is 16.7. The lowest BCUT2D eigenvalue weighted by Crippen LogP contribution is -2.32. The minimum absolute atomic E-state index is 0.0426. The van der Waals surface area contributed by atoms with E-state index in [0.29, 0.717) is 11.7 Å². The van der Waals surface area contributed by atoms with Crippen LogP contribution in [0.1, 0.15) is 29.9 Å². The van der Waals surface area contributed by atoms with Gasteiger partial charge in [-0.3, -0.25) is 9.78 Å². The van der Waals surface area contributed by atoms with E-state index in [2.05, 4.69) is 10.3 Å². The molecule has 1 aromatic carbocycles. The van der Waals surface area contributed by atoms with E-state index >= 15 is 0 Å². The highest BCUT2D eigenvalue weighted by molar-refractivity contribution is 7.80. The van der Waals surface area contributed by atoms with Crippen molar-refractivity contribution in [3.8, 4) is 5.69 Å². The molecule has 0 saturated carbocycles. The fraction of sp³-hybridized carbons (Fsp3) is 0.227. The number of carbonyl (C=O) groups is 1. The zero-order chi connectivity index (χ0) is 22.0. The number of thiocarbonyl (C=S) groups is 1. The molecule has 4 rings (SSSR count). The van der Waals surface area contributed by atoms with Gasteiger partial charge in [0.05, 0.1) is 36.3 Å². The third-order valence-electron chi connectivity index (χ3n) is 5.25. The Morgan fingerprint density at radius 3 is 2.84 bits per heavy atom. The molecule has 1 N–H and O–H groups in total. The van der Waals surface area contributed by atoms with E-state index in [9.17, 15) is 9.18 Å². The van der Waals surface area contributed by atoms with Gasteiger partial charge in [0.1, 0.15) is 5.82 Å². The highest BCUT2D eigenvalue weighted by Gasteiger charge is 2.41. The van der Waals surface area contributed by atoms with Gasteiger partial charge in [-0.05, 0) is 54.7 Å². The van der Waals surface area contributed by atoms with Gasteiger partial charge in [0.25, 0.3) is 0 Å². The number of esters is 1. The first-order valence-electron chi connectivity index (χ1n) is 9.67. The average Bonchev–Trinajstić information content (AvgIpc) is 3.38. The van der Waals surface area contributed by atoms with Gasteiger partial charge in [-0.2, -0.15) is 0 Å². The molecular weight excluding hydrogens is 439 g/mol. The molecule has 0 aliphatic carbocycles. The first-order valence-corrected chi connectivity index (χ1v) is 10.5. The summed E-state index contributed by atoms with van der Waals surface area (Å²) >= 11 is 11.6. The van der Waals surface area contributed by atoms with Gasteiger partial charge in [0, 0.05) is 30.3 Å². The fourth-order valence-electron chi connectivity index (χ4n) is 3.79. The molecule has 6 nitrogen and oxygen atoms in total. The van der Waals surface area contributed by atoms with Crippen LogP contribution in [0.25, 0.3) is 5.69 Å². The molecule has 3 heterocycles. The number of aromatic nitrogens is 2. The molecule has 1 aliphatic rings. The van der Waals surface area contributed by atoms with E-state index in [1.165, 1.54) is 13.2 Å². The molecule has 0 radical (unpaired) electrons. The Morgan fingerprint density at radius 1 is 1.29 bits per heavy atom. The van der Waals surface area contributed by atoms with E-state index in [0.717, 1.165) is 17.1 Å². The third kappa shape index (κ3) is 4.26. The first-order chi connectivity index (χ1) is 15.0. The Hall–Kier alpha value is -2.97. The summed E-state index contributed by atoms with van der Waals surface area (Å²) in [7, 11) is 1.36. The van der Waals surface area contributed by atoms with Gasteiger partial charge in [-0.25, -0.2) is 4.39 Å². The molecule has 160 valence electrons. The van der Waals surface area contributed by atoms with Crippen LogP contribution in [0.15, 0.2) is 60.9 Å². The lowest BCUT2D eigenvalue weighted by atomic mass is 10.0. The maximum atomic E-state index is 13.7. The van der Waals surface area contributed by atoms with Crippen molar-refractivity contribution in [3.63, 3.8) is 0 Å². The number of benzene rings is 1.